The Hall–Kier alpha value is -0.750. The van der Waals surface area contributed by atoms with Gasteiger partial charge < -0.3 is 14.7 Å². The monoisotopic (exact) mass is 247 g/mol. The van der Waals surface area contributed by atoms with Gasteiger partial charge in [-0.2, -0.15) is 12.6 Å². The molecule has 6 heteroatoms. The SMILES string of the molecule is CO[C@H]1C[C@@H](C(=O)O)N(C(=O)CCCS)C1. The number of carboxylic acids is 1. The van der Waals surface area contributed by atoms with Crippen molar-refractivity contribution in [2.24, 2.45) is 0 Å². The first-order valence-corrected chi connectivity index (χ1v) is 5.89. The van der Waals surface area contributed by atoms with Crippen LogP contribution in [0.25, 0.3) is 0 Å². The van der Waals surface area contributed by atoms with Crippen molar-refractivity contribution in [1.29, 1.82) is 0 Å². The molecule has 16 heavy (non-hydrogen) atoms. The molecule has 1 fully saturated rings. The fourth-order valence-electron chi connectivity index (χ4n) is 1.85. The summed E-state index contributed by atoms with van der Waals surface area (Å²) in [7, 11) is 1.53. The molecule has 1 aliphatic rings. The molecule has 0 aromatic carbocycles. The molecule has 0 unspecified atom stereocenters. The topological polar surface area (TPSA) is 66.8 Å². The summed E-state index contributed by atoms with van der Waals surface area (Å²) in [5.74, 6) is -0.454. The van der Waals surface area contributed by atoms with E-state index in [1.165, 1.54) is 12.0 Å². The van der Waals surface area contributed by atoms with Crippen LogP contribution >= 0.6 is 12.6 Å². The number of hydrogen-bond acceptors (Lipinski definition) is 4. The van der Waals surface area contributed by atoms with Crippen LogP contribution < -0.4 is 0 Å². The molecule has 1 saturated heterocycles. The zero-order valence-electron chi connectivity index (χ0n) is 9.26. The lowest BCUT2D eigenvalue weighted by molar-refractivity contribution is -0.148. The van der Waals surface area contributed by atoms with E-state index in [9.17, 15) is 9.59 Å². The molecule has 0 aromatic heterocycles. The van der Waals surface area contributed by atoms with Gasteiger partial charge in [-0.25, -0.2) is 4.79 Å². The number of likely N-dealkylation sites (tertiary alicyclic amines) is 1. The lowest BCUT2D eigenvalue weighted by Gasteiger charge is -2.20. The largest absolute Gasteiger partial charge is 0.480 e. The second kappa shape index (κ2) is 6.10. The van der Waals surface area contributed by atoms with Crippen molar-refractivity contribution in [3.8, 4) is 0 Å². The minimum absolute atomic E-state index is 0.124. The van der Waals surface area contributed by atoms with Crippen molar-refractivity contribution in [1.82, 2.24) is 4.90 Å². The Morgan fingerprint density at radius 2 is 2.25 bits per heavy atom. The number of carboxylic acid groups (broad SMARTS) is 1. The number of carbonyl (C=O) groups is 2. The van der Waals surface area contributed by atoms with Gasteiger partial charge in [-0.1, -0.05) is 0 Å². The fourth-order valence-corrected chi connectivity index (χ4v) is 2.01. The highest BCUT2D eigenvalue weighted by atomic mass is 32.1. The standard InChI is InChI=1S/C10H17NO4S/c1-15-7-5-8(10(13)14)11(6-7)9(12)3-2-4-16/h7-8,16H,2-6H2,1H3,(H,13,14)/t7-,8-/m0/s1. The molecule has 0 aliphatic carbocycles. The second-order valence-corrected chi connectivity index (χ2v) is 4.27. The minimum atomic E-state index is -0.959. The number of hydrogen-bond donors (Lipinski definition) is 2. The van der Waals surface area contributed by atoms with E-state index >= 15 is 0 Å². The number of amides is 1. The Kier molecular flexibility index (Phi) is 5.08. The van der Waals surface area contributed by atoms with Gasteiger partial charge in [0.05, 0.1) is 6.10 Å². The highest BCUT2D eigenvalue weighted by Crippen LogP contribution is 2.21. The predicted molar refractivity (Wildman–Crippen MR) is 61.6 cm³/mol. The molecule has 0 bridgehead atoms. The van der Waals surface area contributed by atoms with Crippen LogP contribution in [0, 0.1) is 0 Å². The van der Waals surface area contributed by atoms with E-state index < -0.39 is 12.0 Å². The normalized spacial score (nSPS) is 24.8. The Bertz CT molecular complexity index is 272. The number of nitrogens with zero attached hydrogens (tertiary/aromatic N) is 1. The van der Waals surface area contributed by atoms with Crippen molar-refractivity contribution in [2.75, 3.05) is 19.4 Å². The first kappa shape index (κ1) is 13.3. The Balaban J connectivity index is 2.61. The minimum Gasteiger partial charge on any atom is -0.480 e. The highest BCUT2D eigenvalue weighted by molar-refractivity contribution is 7.80. The summed E-state index contributed by atoms with van der Waals surface area (Å²) in [5, 5.41) is 9.01. The average Bonchev–Trinajstić information content (AvgIpc) is 2.70. The van der Waals surface area contributed by atoms with Gasteiger partial charge in [0.2, 0.25) is 5.91 Å². The summed E-state index contributed by atoms with van der Waals surface area (Å²) in [5.41, 5.74) is 0. The third kappa shape index (κ3) is 3.12. The average molecular weight is 247 g/mol. The molecule has 1 amide bonds. The van der Waals surface area contributed by atoms with Crippen molar-refractivity contribution < 1.29 is 19.4 Å². The van der Waals surface area contributed by atoms with Crippen LogP contribution in [-0.4, -0.2) is 53.4 Å². The van der Waals surface area contributed by atoms with Crippen molar-refractivity contribution >= 4 is 24.5 Å². The van der Waals surface area contributed by atoms with Gasteiger partial charge in [0.1, 0.15) is 6.04 Å². The zero-order chi connectivity index (χ0) is 12.1. The maximum absolute atomic E-state index is 11.8. The Morgan fingerprint density at radius 3 is 2.75 bits per heavy atom. The summed E-state index contributed by atoms with van der Waals surface area (Å²) < 4.78 is 5.10. The third-order valence-electron chi connectivity index (χ3n) is 2.75. The molecule has 0 saturated carbocycles. The summed E-state index contributed by atoms with van der Waals surface area (Å²) in [6.07, 6.45) is 1.23. The van der Waals surface area contributed by atoms with Gasteiger partial charge in [-0.15, -0.1) is 0 Å². The van der Waals surface area contributed by atoms with Crippen LogP contribution in [0.4, 0.5) is 0 Å². The molecule has 1 aliphatic heterocycles. The van der Waals surface area contributed by atoms with Crippen molar-refractivity contribution in [3.63, 3.8) is 0 Å². The molecule has 1 N–H and O–H groups in total. The molecule has 92 valence electrons. The molecule has 0 spiro atoms. The maximum Gasteiger partial charge on any atom is 0.326 e. The Labute approximate surface area is 100 Å². The van der Waals surface area contributed by atoms with Gasteiger partial charge in [-0.3, -0.25) is 4.79 Å². The van der Waals surface area contributed by atoms with Crippen molar-refractivity contribution in [3.05, 3.63) is 0 Å². The zero-order valence-corrected chi connectivity index (χ0v) is 10.2. The summed E-state index contributed by atoms with van der Waals surface area (Å²) in [6.45, 7) is 0.374. The molecule has 0 radical (unpaired) electrons. The van der Waals surface area contributed by atoms with Crippen molar-refractivity contribution in [2.45, 2.75) is 31.4 Å². The predicted octanol–water partition coefficient (Wildman–Crippen LogP) is 0.397. The molecule has 1 rings (SSSR count). The quantitative estimate of drug-likeness (QED) is 0.690. The second-order valence-electron chi connectivity index (χ2n) is 3.82. The molecule has 0 aromatic rings. The van der Waals surface area contributed by atoms with Gasteiger partial charge in [0.15, 0.2) is 0 Å². The van der Waals surface area contributed by atoms with Crippen LogP contribution in [0.2, 0.25) is 0 Å². The van der Waals surface area contributed by atoms with Crippen LogP contribution in [0.3, 0.4) is 0 Å². The lowest BCUT2D eigenvalue weighted by atomic mass is 10.2. The highest BCUT2D eigenvalue weighted by Gasteiger charge is 2.39. The van der Waals surface area contributed by atoms with E-state index in [4.69, 9.17) is 9.84 Å². The van der Waals surface area contributed by atoms with Gasteiger partial charge >= 0.3 is 5.97 Å². The number of thiol groups is 1. The van der Waals surface area contributed by atoms with E-state index in [-0.39, 0.29) is 12.0 Å². The van der Waals surface area contributed by atoms with E-state index in [2.05, 4.69) is 12.6 Å². The molecular formula is C10H17NO4S. The summed E-state index contributed by atoms with van der Waals surface area (Å²) in [4.78, 5) is 24.1. The smallest absolute Gasteiger partial charge is 0.326 e. The van der Waals surface area contributed by atoms with Crippen LogP contribution in [0.15, 0.2) is 0 Å². The van der Waals surface area contributed by atoms with Gasteiger partial charge in [0, 0.05) is 26.5 Å². The summed E-state index contributed by atoms with van der Waals surface area (Å²) >= 11 is 4.03. The third-order valence-corrected chi connectivity index (χ3v) is 3.07. The number of rotatable bonds is 5. The van der Waals surface area contributed by atoms with Gasteiger partial charge in [-0.05, 0) is 12.2 Å². The van der Waals surface area contributed by atoms with Gasteiger partial charge in [0.25, 0.3) is 0 Å². The number of aliphatic carboxylic acids is 1. The van der Waals surface area contributed by atoms with E-state index in [1.807, 2.05) is 0 Å². The molecular weight excluding hydrogens is 230 g/mol. The first-order valence-electron chi connectivity index (χ1n) is 5.26. The molecule has 1 heterocycles. The van der Waals surface area contributed by atoms with Crippen LogP contribution in [0.5, 0.6) is 0 Å². The van der Waals surface area contributed by atoms with E-state index in [1.54, 1.807) is 0 Å². The van der Waals surface area contributed by atoms with E-state index in [0.717, 1.165) is 0 Å². The van der Waals surface area contributed by atoms with Crippen LogP contribution in [-0.2, 0) is 14.3 Å². The summed E-state index contributed by atoms with van der Waals surface area (Å²) in [6, 6.07) is -0.739. The first-order chi connectivity index (χ1) is 7.60. The van der Waals surface area contributed by atoms with Crippen LogP contribution in [0.1, 0.15) is 19.3 Å². The number of ether oxygens (including phenoxy) is 1. The number of carbonyl (C=O) groups excluding carboxylic acids is 1. The lowest BCUT2D eigenvalue weighted by Crippen LogP contribution is -2.40. The Morgan fingerprint density at radius 1 is 1.56 bits per heavy atom. The molecule has 5 nitrogen and oxygen atoms in total. The van der Waals surface area contributed by atoms with E-state index in [0.29, 0.717) is 31.6 Å². The fraction of sp³-hybridized carbons (Fsp3) is 0.800. The maximum atomic E-state index is 11.8. The number of methoxy groups -OCH3 is 1. The molecule has 2 atom stereocenters.